The van der Waals surface area contributed by atoms with Gasteiger partial charge in [-0.3, -0.25) is 0 Å². The first kappa shape index (κ1) is 16.5. The molecule has 7 heteroatoms. The smallest absolute Gasteiger partial charge is 0.211 e. The lowest BCUT2D eigenvalue weighted by Gasteiger charge is -2.09. The van der Waals surface area contributed by atoms with Gasteiger partial charge in [0.15, 0.2) is 0 Å². The molecule has 0 bridgehead atoms. The molecule has 0 aliphatic carbocycles. The molecule has 0 spiro atoms. The van der Waals surface area contributed by atoms with Gasteiger partial charge in [-0.2, -0.15) is 0 Å². The van der Waals surface area contributed by atoms with Gasteiger partial charge < -0.3 is 0 Å². The van der Waals surface area contributed by atoms with Crippen LogP contribution in [0.3, 0.4) is 0 Å². The van der Waals surface area contributed by atoms with Crippen molar-refractivity contribution in [3.63, 3.8) is 0 Å². The predicted molar refractivity (Wildman–Crippen MR) is 73.7 cm³/mol. The van der Waals surface area contributed by atoms with E-state index in [1.807, 2.05) is 6.92 Å². The van der Waals surface area contributed by atoms with E-state index in [2.05, 4.69) is 20.7 Å². The molecule has 1 aromatic carbocycles. The van der Waals surface area contributed by atoms with E-state index in [4.69, 9.17) is 0 Å². The summed E-state index contributed by atoms with van der Waals surface area (Å²) in [6.07, 6.45) is 1.52. The van der Waals surface area contributed by atoms with Crippen LogP contribution in [0.25, 0.3) is 0 Å². The zero-order chi connectivity index (χ0) is 14.5. The molecule has 3 nitrogen and oxygen atoms in total. The lowest BCUT2D eigenvalue weighted by molar-refractivity contribution is 0.532. The molecule has 108 valence electrons. The van der Waals surface area contributed by atoms with Gasteiger partial charge in [-0.05, 0) is 30.9 Å². The summed E-state index contributed by atoms with van der Waals surface area (Å²) in [7, 11) is -3.92. The average Bonchev–Trinajstić information content (AvgIpc) is 2.33. The number of hydrogen-bond donors (Lipinski definition) is 1. The highest BCUT2D eigenvalue weighted by atomic mass is 79.9. The maximum atomic E-state index is 13.4. The predicted octanol–water partition coefficient (Wildman–Crippen LogP) is 3.05. The Kier molecular flexibility index (Phi) is 6.35. The van der Waals surface area contributed by atoms with Crippen molar-refractivity contribution in [1.29, 1.82) is 0 Å². The largest absolute Gasteiger partial charge is 0.243 e. The molecule has 1 aromatic rings. The van der Waals surface area contributed by atoms with Crippen LogP contribution in [0.2, 0.25) is 0 Å². The molecular weight excluding hydrogens is 340 g/mol. The molecule has 1 atom stereocenters. The maximum absolute atomic E-state index is 13.4. The average molecular weight is 356 g/mol. The van der Waals surface area contributed by atoms with E-state index >= 15 is 0 Å². The number of alkyl halides is 1. The lowest BCUT2D eigenvalue weighted by atomic mass is 10.1. The molecule has 0 radical (unpaired) electrons. The van der Waals surface area contributed by atoms with Gasteiger partial charge in [0.25, 0.3) is 0 Å². The van der Waals surface area contributed by atoms with Gasteiger partial charge in [0.1, 0.15) is 16.5 Å². The number of halogens is 3. The lowest BCUT2D eigenvalue weighted by Crippen LogP contribution is -2.26. The molecule has 0 aromatic heterocycles. The Labute approximate surface area is 120 Å². The topological polar surface area (TPSA) is 46.2 Å². The highest BCUT2D eigenvalue weighted by Crippen LogP contribution is 2.15. The zero-order valence-corrected chi connectivity index (χ0v) is 12.9. The van der Waals surface area contributed by atoms with Crippen LogP contribution in [0.5, 0.6) is 0 Å². The van der Waals surface area contributed by atoms with Crippen molar-refractivity contribution in [2.75, 3.05) is 11.9 Å². The second-order valence-corrected chi connectivity index (χ2v) is 6.76. The van der Waals surface area contributed by atoms with Crippen LogP contribution in [0.4, 0.5) is 8.78 Å². The minimum absolute atomic E-state index is 0.233. The van der Waals surface area contributed by atoms with Gasteiger partial charge in [0, 0.05) is 17.9 Å². The SMILES string of the molecule is CC(CBr)CCCNS(=O)(=O)c1ccc(F)cc1F. The van der Waals surface area contributed by atoms with Gasteiger partial charge in [-0.1, -0.05) is 22.9 Å². The summed E-state index contributed by atoms with van der Waals surface area (Å²) in [5.41, 5.74) is 0. The molecule has 0 aliphatic rings. The number of hydrogen-bond acceptors (Lipinski definition) is 2. The van der Waals surface area contributed by atoms with E-state index in [-0.39, 0.29) is 6.54 Å². The van der Waals surface area contributed by atoms with E-state index in [9.17, 15) is 17.2 Å². The molecular formula is C12H16BrF2NO2S. The van der Waals surface area contributed by atoms with Crippen molar-refractivity contribution in [1.82, 2.24) is 4.72 Å². The highest BCUT2D eigenvalue weighted by Gasteiger charge is 2.18. The fraction of sp³-hybridized carbons (Fsp3) is 0.500. The summed E-state index contributed by atoms with van der Waals surface area (Å²) < 4.78 is 52.0. The summed E-state index contributed by atoms with van der Waals surface area (Å²) in [4.78, 5) is -0.526. The van der Waals surface area contributed by atoms with Crippen LogP contribution in [0, 0.1) is 17.6 Å². The normalized spacial score (nSPS) is 13.5. The van der Waals surface area contributed by atoms with Crippen molar-refractivity contribution < 1.29 is 17.2 Å². The number of sulfonamides is 1. The van der Waals surface area contributed by atoms with Crippen molar-refractivity contribution in [3.8, 4) is 0 Å². The quantitative estimate of drug-likeness (QED) is 0.603. The van der Waals surface area contributed by atoms with Crippen LogP contribution in [-0.2, 0) is 10.0 Å². The molecule has 0 heterocycles. The first-order valence-electron chi connectivity index (χ1n) is 5.87. The summed E-state index contributed by atoms with van der Waals surface area (Å²) in [6.45, 7) is 2.28. The molecule has 0 fully saturated rings. The van der Waals surface area contributed by atoms with Crippen LogP contribution in [0.1, 0.15) is 19.8 Å². The Hall–Kier alpha value is -0.530. The summed E-state index contributed by atoms with van der Waals surface area (Å²) in [5.74, 6) is -1.43. The van der Waals surface area contributed by atoms with Crippen molar-refractivity contribution in [2.24, 2.45) is 5.92 Å². The van der Waals surface area contributed by atoms with Gasteiger partial charge in [-0.25, -0.2) is 21.9 Å². The molecule has 1 unspecified atom stereocenters. The van der Waals surface area contributed by atoms with E-state index in [0.717, 1.165) is 23.9 Å². The van der Waals surface area contributed by atoms with Crippen LogP contribution in [0.15, 0.2) is 23.1 Å². The zero-order valence-electron chi connectivity index (χ0n) is 10.5. The first-order valence-corrected chi connectivity index (χ1v) is 8.48. The van der Waals surface area contributed by atoms with E-state index < -0.39 is 26.6 Å². The van der Waals surface area contributed by atoms with Gasteiger partial charge in [0.05, 0.1) is 0 Å². The minimum Gasteiger partial charge on any atom is -0.211 e. The minimum atomic E-state index is -3.92. The second kappa shape index (κ2) is 7.31. The Balaban J connectivity index is 2.61. The molecule has 19 heavy (non-hydrogen) atoms. The molecule has 0 aliphatic heterocycles. The van der Waals surface area contributed by atoms with E-state index in [0.29, 0.717) is 18.4 Å². The summed E-state index contributed by atoms with van der Waals surface area (Å²) in [6, 6.07) is 2.40. The van der Waals surface area contributed by atoms with Crippen molar-refractivity contribution >= 4 is 26.0 Å². The summed E-state index contributed by atoms with van der Waals surface area (Å²) >= 11 is 3.34. The third kappa shape index (κ3) is 5.16. The molecule has 0 saturated heterocycles. The number of benzene rings is 1. The number of nitrogens with one attached hydrogen (secondary N) is 1. The van der Waals surface area contributed by atoms with Crippen LogP contribution in [-0.4, -0.2) is 20.3 Å². The Morgan fingerprint density at radius 2 is 2.05 bits per heavy atom. The van der Waals surface area contributed by atoms with Crippen molar-refractivity contribution in [3.05, 3.63) is 29.8 Å². The maximum Gasteiger partial charge on any atom is 0.243 e. The van der Waals surface area contributed by atoms with Gasteiger partial charge >= 0.3 is 0 Å². The van der Waals surface area contributed by atoms with Crippen LogP contribution >= 0.6 is 15.9 Å². The van der Waals surface area contributed by atoms with Gasteiger partial charge in [-0.15, -0.1) is 0 Å². The molecule has 0 amide bonds. The molecule has 0 saturated carbocycles. The highest BCUT2D eigenvalue weighted by molar-refractivity contribution is 9.09. The van der Waals surface area contributed by atoms with Gasteiger partial charge in [0.2, 0.25) is 10.0 Å². The third-order valence-electron chi connectivity index (χ3n) is 2.61. The summed E-state index contributed by atoms with van der Waals surface area (Å²) in [5, 5.41) is 0.854. The van der Waals surface area contributed by atoms with Crippen LogP contribution < -0.4 is 4.72 Å². The standard InChI is InChI=1S/C12H16BrF2NO2S/c1-9(8-13)3-2-6-16-19(17,18)12-5-4-10(14)7-11(12)15/h4-5,7,9,16H,2-3,6,8H2,1H3. The molecule has 1 rings (SSSR count). The third-order valence-corrected chi connectivity index (χ3v) is 5.21. The first-order chi connectivity index (χ1) is 8.86. The Morgan fingerprint density at radius 3 is 2.63 bits per heavy atom. The monoisotopic (exact) mass is 355 g/mol. The van der Waals surface area contributed by atoms with E-state index in [1.165, 1.54) is 0 Å². The van der Waals surface area contributed by atoms with Crippen molar-refractivity contribution in [2.45, 2.75) is 24.7 Å². The molecule has 1 N–H and O–H groups in total. The second-order valence-electron chi connectivity index (χ2n) is 4.37. The Morgan fingerprint density at radius 1 is 1.37 bits per heavy atom. The Bertz CT molecular complexity index is 522. The van der Waals surface area contributed by atoms with E-state index in [1.54, 1.807) is 0 Å². The fourth-order valence-corrected chi connectivity index (χ4v) is 2.96. The fourth-order valence-electron chi connectivity index (χ4n) is 1.51. The number of rotatable bonds is 7.